The first-order valence-corrected chi connectivity index (χ1v) is 12.0. The van der Waals surface area contributed by atoms with Crippen molar-refractivity contribution in [1.82, 2.24) is 19.7 Å². The van der Waals surface area contributed by atoms with Crippen LogP contribution < -0.4 is 0 Å². The molecule has 0 aromatic carbocycles. The predicted molar refractivity (Wildman–Crippen MR) is 119 cm³/mol. The number of carbonyl (C=O) groups is 1. The summed E-state index contributed by atoms with van der Waals surface area (Å²) in [7, 11) is 0. The first-order valence-electron chi connectivity index (χ1n) is 12.0. The number of aromatic nitrogens is 1. The lowest BCUT2D eigenvalue weighted by molar-refractivity contribution is 0.0185. The third kappa shape index (κ3) is 6.02. The molecule has 0 aliphatic carbocycles. The quantitative estimate of drug-likeness (QED) is 0.687. The van der Waals surface area contributed by atoms with Gasteiger partial charge in [-0.25, -0.2) is 0 Å². The zero-order chi connectivity index (χ0) is 20.6. The Morgan fingerprint density at radius 1 is 1.07 bits per heavy atom. The van der Waals surface area contributed by atoms with Crippen LogP contribution >= 0.6 is 0 Å². The lowest BCUT2D eigenvalue weighted by Gasteiger charge is -2.40. The smallest absolute Gasteiger partial charge is 0.255 e. The predicted octanol–water partition coefficient (Wildman–Crippen LogP) is 2.90. The Morgan fingerprint density at radius 3 is 2.53 bits per heavy atom. The lowest BCUT2D eigenvalue weighted by atomic mass is 9.94. The van der Waals surface area contributed by atoms with Gasteiger partial charge in [-0.1, -0.05) is 6.42 Å². The molecule has 1 aromatic rings. The van der Waals surface area contributed by atoms with Crippen LogP contribution in [0, 0.1) is 5.92 Å². The zero-order valence-corrected chi connectivity index (χ0v) is 18.4. The van der Waals surface area contributed by atoms with Gasteiger partial charge in [0.1, 0.15) is 0 Å². The molecule has 0 atom stereocenters. The van der Waals surface area contributed by atoms with Gasteiger partial charge < -0.3 is 14.5 Å². The van der Waals surface area contributed by atoms with Crippen LogP contribution in [0.5, 0.6) is 0 Å². The van der Waals surface area contributed by atoms with E-state index in [9.17, 15) is 4.79 Å². The van der Waals surface area contributed by atoms with Gasteiger partial charge in [0.15, 0.2) is 0 Å². The molecule has 3 aliphatic heterocycles. The van der Waals surface area contributed by atoms with E-state index < -0.39 is 0 Å². The first-order chi connectivity index (χ1) is 14.8. The van der Waals surface area contributed by atoms with Crippen molar-refractivity contribution in [1.29, 1.82) is 0 Å². The molecule has 4 rings (SSSR count). The molecular formula is C24H38N4O2. The summed E-state index contributed by atoms with van der Waals surface area (Å²) in [6, 6.07) is 4.38. The summed E-state index contributed by atoms with van der Waals surface area (Å²) in [6.45, 7) is 9.65. The van der Waals surface area contributed by atoms with E-state index in [1.807, 2.05) is 17.0 Å². The highest BCUT2D eigenvalue weighted by molar-refractivity contribution is 5.93. The molecule has 0 spiro atoms. The molecule has 4 heterocycles. The van der Waals surface area contributed by atoms with E-state index in [1.165, 1.54) is 64.8 Å². The molecule has 3 saturated heterocycles. The van der Waals surface area contributed by atoms with Crippen molar-refractivity contribution in [2.75, 3.05) is 59.0 Å². The normalized spacial score (nSPS) is 22.5. The maximum absolute atomic E-state index is 12.7. The van der Waals surface area contributed by atoms with Crippen LogP contribution in [0.25, 0.3) is 0 Å². The van der Waals surface area contributed by atoms with Gasteiger partial charge in [0.2, 0.25) is 0 Å². The average molecular weight is 415 g/mol. The second-order valence-corrected chi connectivity index (χ2v) is 9.22. The summed E-state index contributed by atoms with van der Waals surface area (Å²) in [4.78, 5) is 24.2. The molecule has 166 valence electrons. The maximum atomic E-state index is 12.7. The fourth-order valence-corrected chi connectivity index (χ4v) is 5.25. The number of pyridine rings is 1. The molecule has 0 bridgehead atoms. The second-order valence-electron chi connectivity index (χ2n) is 9.22. The Morgan fingerprint density at radius 2 is 1.83 bits per heavy atom. The van der Waals surface area contributed by atoms with E-state index in [0.29, 0.717) is 17.5 Å². The largest absolute Gasteiger partial charge is 0.381 e. The van der Waals surface area contributed by atoms with Crippen LogP contribution in [0.3, 0.4) is 0 Å². The molecular weight excluding hydrogens is 376 g/mol. The molecule has 6 heteroatoms. The minimum atomic E-state index is 0.132. The van der Waals surface area contributed by atoms with Gasteiger partial charge in [-0.05, 0) is 69.7 Å². The van der Waals surface area contributed by atoms with Crippen LogP contribution in [0.4, 0.5) is 0 Å². The summed E-state index contributed by atoms with van der Waals surface area (Å²) in [5.41, 5.74) is 0.710. The third-order valence-electron chi connectivity index (χ3n) is 7.16. The number of hydrogen-bond donors (Lipinski definition) is 0. The summed E-state index contributed by atoms with van der Waals surface area (Å²) in [5, 5.41) is 0. The number of ether oxygens (including phenoxy) is 1. The standard InChI is InChI=1S/C24H38N4O2/c29-24(22-5-4-10-25-19-22)27-13-6-21(7-14-27)20-28(23-8-17-30-18-9-23)16-15-26-11-2-1-3-12-26/h4-5,10,19,21,23H,1-3,6-9,11-18,20H2. The summed E-state index contributed by atoms with van der Waals surface area (Å²) >= 11 is 0. The van der Waals surface area contributed by atoms with Gasteiger partial charge in [0, 0.05) is 64.4 Å². The van der Waals surface area contributed by atoms with E-state index in [4.69, 9.17) is 4.74 Å². The number of carbonyl (C=O) groups excluding carboxylic acids is 1. The topological polar surface area (TPSA) is 48.9 Å². The van der Waals surface area contributed by atoms with E-state index in [0.717, 1.165) is 39.1 Å². The van der Waals surface area contributed by atoms with E-state index in [1.54, 1.807) is 12.4 Å². The number of rotatable bonds is 7. The fraction of sp³-hybridized carbons (Fsp3) is 0.750. The van der Waals surface area contributed by atoms with Gasteiger partial charge >= 0.3 is 0 Å². The number of hydrogen-bond acceptors (Lipinski definition) is 5. The van der Waals surface area contributed by atoms with Crippen LogP contribution in [0.15, 0.2) is 24.5 Å². The summed E-state index contributed by atoms with van der Waals surface area (Å²) in [6.07, 6.45) is 12.1. The number of amides is 1. The van der Waals surface area contributed by atoms with Crippen molar-refractivity contribution in [3.05, 3.63) is 30.1 Å². The van der Waals surface area contributed by atoms with Crippen LogP contribution in [-0.4, -0.2) is 90.7 Å². The number of nitrogens with zero attached hydrogens (tertiary/aromatic N) is 4. The van der Waals surface area contributed by atoms with Crippen molar-refractivity contribution < 1.29 is 9.53 Å². The average Bonchev–Trinajstić information content (AvgIpc) is 2.83. The molecule has 1 amide bonds. The van der Waals surface area contributed by atoms with Crippen molar-refractivity contribution >= 4 is 5.91 Å². The SMILES string of the molecule is O=C(c1cccnc1)N1CCC(CN(CCN2CCCCC2)C2CCOCC2)CC1. The van der Waals surface area contributed by atoms with Crippen molar-refractivity contribution in [3.63, 3.8) is 0 Å². The Kier molecular flexibility index (Phi) is 8.12. The minimum absolute atomic E-state index is 0.132. The van der Waals surface area contributed by atoms with Gasteiger partial charge in [-0.15, -0.1) is 0 Å². The second kappa shape index (κ2) is 11.2. The van der Waals surface area contributed by atoms with Crippen molar-refractivity contribution in [3.8, 4) is 0 Å². The molecule has 1 aromatic heterocycles. The third-order valence-corrected chi connectivity index (χ3v) is 7.16. The molecule has 0 N–H and O–H groups in total. The van der Waals surface area contributed by atoms with Gasteiger partial charge in [0.05, 0.1) is 5.56 Å². The van der Waals surface area contributed by atoms with Crippen molar-refractivity contribution in [2.24, 2.45) is 5.92 Å². The highest BCUT2D eigenvalue weighted by Crippen LogP contribution is 2.23. The van der Waals surface area contributed by atoms with E-state index >= 15 is 0 Å². The van der Waals surface area contributed by atoms with Crippen LogP contribution in [-0.2, 0) is 4.74 Å². The van der Waals surface area contributed by atoms with E-state index in [-0.39, 0.29) is 5.91 Å². The molecule has 3 fully saturated rings. The highest BCUT2D eigenvalue weighted by atomic mass is 16.5. The molecule has 0 unspecified atom stereocenters. The Hall–Kier alpha value is -1.50. The van der Waals surface area contributed by atoms with Gasteiger partial charge in [-0.2, -0.15) is 0 Å². The van der Waals surface area contributed by atoms with E-state index in [2.05, 4.69) is 14.8 Å². The Bertz CT molecular complexity index is 636. The van der Waals surface area contributed by atoms with Gasteiger partial charge in [-0.3, -0.25) is 14.7 Å². The maximum Gasteiger partial charge on any atom is 0.255 e. The molecule has 6 nitrogen and oxygen atoms in total. The molecule has 3 aliphatic rings. The zero-order valence-electron chi connectivity index (χ0n) is 18.4. The van der Waals surface area contributed by atoms with Crippen molar-refractivity contribution in [2.45, 2.75) is 51.0 Å². The van der Waals surface area contributed by atoms with Crippen LogP contribution in [0.2, 0.25) is 0 Å². The summed E-state index contributed by atoms with van der Waals surface area (Å²) in [5.74, 6) is 0.820. The number of likely N-dealkylation sites (tertiary alicyclic amines) is 2. The lowest BCUT2D eigenvalue weighted by Crippen LogP contribution is -2.48. The summed E-state index contributed by atoms with van der Waals surface area (Å²) < 4.78 is 5.63. The minimum Gasteiger partial charge on any atom is -0.381 e. The first kappa shape index (κ1) is 21.7. The Balaban J connectivity index is 1.28. The number of piperidine rings is 2. The fourth-order valence-electron chi connectivity index (χ4n) is 5.25. The molecule has 0 radical (unpaired) electrons. The molecule has 30 heavy (non-hydrogen) atoms. The highest BCUT2D eigenvalue weighted by Gasteiger charge is 2.28. The Labute approximate surface area is 181 Å². The monoisotopic (exact) mass is 414 g/mol. The van der Waals surface area contributed by atoms with Crippen LogP contribution in [0.1, 0.15) is 55.3 Å². The van der Waals surface area contributed by atoms with Gasteiger partial charge in [0.25, 0.3) is 5.91 Å². The molecule has 0 saturated carbocycles.